The monoisotopic (exact) mass is 404 g/mol. The Labute approximate surface area is 166 Å². The molecule has 1 amide bonds. The SMILES string of the molecule is Cc1sc2nc(CN(C)C)n(CC(=O)Nc3ccc(Cl)cc3)c(=O)c2c1C. The molecule has 1 N–H and O–H groups in total. The topological polar surface area (TPSA) is 67.2 Å². The summed E-state index contributed by atoms with van der Waals surface area (Å²) >= 11 is 7.38. The lowest BCUT2D eigenvalue weighted by Crippen LogP contribution is -2.32. The molecular weight excluding hydrogens is 384 g/mol. The van der Waals surface area contributed by atoms with Crippen LogP contribution >= 0.6 is 22.9 Å². The standard InChI is InChI=1S/C19H21ClN4O2S/c1-11-12(2)27-18-17(11)19(26)24(15(22-18)9-23(3)4)10-16(25)21-14-7-5-13(20)6-8-14/h5-8H,9-10H2,1-4H3,(H,21,25). The van der Waals surface area contributed by atoms with Crippen molar-refractivity contribution in [2.75, 3.05) is 19.4 Å². The quantitative estimate of drug-likeness (QED) is 0.707. The van der Waals surface area contributed by atoms with Gasteiger partial charge >= 0.3 is 0 Å². The molecule has 0 bridgehead atoms. The third-order valence-electron chi connectivity index (χ3n) is 4.26. The number of nitrogens with one attached hydrogen (secondary N) is 1. The number of carbonyl (C=O) groups is 1. The lowest BCUT2D eigenvalue weighted by molar-refractivity contribution is -0.116. The number of fused-ring (bicyclic) bond motifs is 1. The van der Waals surface area contributed by atoms with Crippen LogP contribution in [-0.4, -0.2) is 34.5 Å². The molecule has 0 saturated carbocycles. The Morgan fingerprint density at radius 3 is 2.56 bits per heavy atom. The number of hydrogen-bond donors (Lipinski definition) is 1. The van der Waals surface area contributed by atoms with Crippen molar-refractivity contribution < 1.29 is 4.79 Å². The summed E-state index contributed by atoms with van der Waals surface area (Å²) in [6, 6.07) is 6.84. The van der Waals surface area contributed by atoms with Gasteiger partial charge in [-0.15, -0.1) is 11.3 Å². The zero-order chi connectivity index (χ0) is 19.7. The highest BCUT2D eigenvalue weighted by Crippen LogP contribution is 2.26. The summed E-state index contributed by atoms with van der Waals surface area (Å²) in [7, 11) is 3.80. The van der Waals surface area contributed by atoms with Crippen molar-refractivity contribution in [1.82, 2.24) is 14.5 Å². The van der Waals surface area contributed by atoms with Gasteiger partial charge in [-0.05, 0) is 57.8 Å². The van der Waals surface area contributed by atoms with Crippen LogP contribution in [0, 0.1) is 13.8 Å². The second kappa shape index (κ2) is 7.80. The molecule has 0 aliphatic heterocycles. The summed E-state index contributed by atoms with van der Waals surface area (Å²) in [5, 5.41) is 3.99. The van der Waals surface area contributed by atoms with Gasteiger partial charge in [0.25, 0.3) is 5.56 Å². The molecule has 3 aromatic rings. The highest BCUT2D eigenvalue weighted by atomic mass is 35.5. The number of hydrogen-bond acceptors (Lipinski definition) is 5. The maximum Gasteiger partial charge on any atom is 0.263 e. The first-order chi connectivity index (χ1) is 12.8. The highest BCUT2D eigenvalue weighted by molar-refractivity contribution is 7.18. The molecule has 0 fully saturated rings. The van der Waals surface area contributed by atoms with E-state index in [2.05, 4.69) is 10.3 Å². The number of amides is 1. The first kappa shape index (κ1) is 19.5. The van der Waals surface area contributed by atoms with E-state index >= 15 is 0 Å². The van der Waals surface area contributed by atoms with Gasteiger partial charge in [0.2, 0.25) is 5.91 Å². The van der Waals surface area contributed by atoms with E-state index in [4.69, 9.17) is 11.6 Å². The largest absolute Gasteiger partial charge is 0.325 e. The van der Waals surface area contributed by atoms with E-state index in [0.717, 1.165) is 15.3 Å². The fourth-order valence-corrected chi connectivity index (χ4v) is 3.98. The van der Waals surface area contributed by atoms with Crippen molar-refractivity contribution >= 4 is 44.7 Å². The number of carbonyl (C=O) groups excluding carboxylic acids is 1. The van der Waals surface area contributed by atoms with Gasteiger partial charge in [-0.1, -0.05) is 11.6 Å². The summed E-state index contributed by atoms with van der Waals surface area (Å²) in [6.07, 6.45) is 0. The minimum Gasteiger partial charge on any atom is -0.325 e. The molecule has 6 nitrogen and oxygen atoms in total. The van der Waals surface area contributed by atoms with Gasteiger partial charge in [-0.3, -0.25) is 14.2 Å². The maximum atomic E-state index is 13.1. The molecule has 1 aromatic carbocycles. The van der Waals surface area contributed by atoms with Crippen molar-refractivity contribution in [2.45, 2.75) is 26.9 Å². The second-order valence-corrected chi connectivity index (χ2v) is 8.32. The van der Waals surface area contributed by atoms with Gasteiger partial charge in [0, 0.05) is 15.6 Å². The molecule has 142 valence electrons. The van der Waals surface area contributed by atoms with Crippen LogP contribution in [0.25, 0.3) is 10.2 Å². The molecule has 0 aliphatic carbocycles. The van der Waals surface area contributed by atoms with E-state index in [1.54, 1.807) is 24.3 Å². The number of benzene rings is 1. The molecule has 0 aliphatic rings. The number of thiophene rings is 1. The minimum absolute atomic E-state index is 0.0953. The molecule has 0 radical (unpaired) electrons. The van der Waals surface area contributed by atoms with Crippen molar-refractivity contribution in [2.24, 2.45) is 0 Å². The average molecular weight is 405 g/mol. The van der Waals surface area contributed by atoms with Crippen LogP contribution in [0.1, 0.15) is 16.3 Å². The van der Waals surface area contributed by atoms with Crippen LogP contribution in [0.15, 0.2) is 29.1 Å². The Balaban J connectivity index is 1.99. The zero-order valence-electron chi connectivity index (χ0n) is 15.7. The van der Waals surface area contributed by atoms with Gasteiger partial charge in [-0.25, -0.2) is 4.98 Å². The van der Waals surface area contributed by atoms with Crippen LogP contribution in [0.3, 0.4) is 0 Å². The van der Waals surface area contributed by atoms with Crippen LogP contribution in [0.5, 0.6) is 0 Å². The molecule has 0 saturated heterocycles. The number of rotatable bonds is 5. The summed E-state index contributed by atoms with van der Waals surface area (Å²) in [4.78, 5) is 34.0. The third kappa shape index (κ3) is 4.21. The van der Waals surface area contributed by atoms with Crippen molar-refractivity contribution in [3.8, 4) is 0 Å². The molecule has 2 aromatic heterocycles. The van der Waals surface area contributed by atoms with E-state index in [1.165, 1.54) is 15.9 Å². The molecule has 0 unspecified atom stereocenters. The summed E-state index contributed by atoms with van der Waals surface area (Å²) in [6.45, 7) is 4.27. The van der Waals surface area contributed by atoms with E-state index < -0.39 is 0 Å². The van der Waals surface area contributed by atoms with Gasteiger partial charge < -0.3 is 10.2 Å². The first-order valence-electron chi connectivity index (χ1n) is 8.46. The Kier molecular flexibility index (Phi) is 5.64. The predicted octanol–water partition coefficient (Wildman–Crippen LogP) is 3.43. The van der Waals surface area contributed by atoms with E-state index in [9.17, 15) is 9.59 Å². The smallest absolute Gasteiger partial charge is 0.263 e. The molecule has 8 heteroatoms. The van der Waals surface area contributed by atoms with E-state index in [0.29, 0.717) is 28.5 Å². The van der Waals surface area contributed by atoms with Crippen LogP contribution in [-0.2, 0) is 17.9 Å². The lowest BCUT2D eigenvalue weighted by Gasteiger charge is -2.16. The fraction of sp³-hybridized carbons (Fsp3) is 0.316. The molecule has 2 heterocycles. The Hall–Kier alpha value is -2.22. The number of aromatic nitrogens is 2. The van der Waals surface area contributed by atoms with E-state index in [1.807, 2.05) is 32.8 Å². The van der Waals surface area contributed by atoms with Gasteiger partial charge in [0.15, 0.2) is 0 Å². The highest BCUT2D eigenvalue weighted by Gasteiger charge is 2.18. The first-order valence-corrected chi connectivity index (χ1v) is 9.65. The van der Waals surface area contributed by atoms with Crippen LogP contribution in [0.2, 0.25) is 5.02 Å². The Morgan fingerprint density at radius 1 is 1.26 bits per heavy atom. The molecular formula is C19H21ClN4O2S. The van der Waals surface area contributed by atoms with Crippen molar-refractivity contribution in [3.05, 3.63) is 55.9 Å². The minimum atomic E-state index is -0.287. The number of halogens is 1. The number of anilines is 1. The van der Waals surface area contributed by atoms with Gasteiger partial charge in [0.05, 0.1) is 11.9 Å². The lowest BCUT2D eigenvalue weighted by atomic mass is 10.2. The summed E-state index contributed by atoms with van der Waals surface area (Å²) < 4.78 is 1.47. The van der Waals surface area contributed by atoms with Gasteiger partial charge in [-0.2, -0.15) is 0 Å². The zero-order valence-corrected chi connectivity index (χ0v) is 17.2. The van der Waals surface area contributed by atoms with Crippen molar-refractivity contribution in [3.63, 3.8) is 0 Å². The van der Waals surface area contributed by atoms with Crippen LogP contribution < -0.4 is 10.9 Å². The van der Waals surface area contributed by atoms with Gasteiger partial charge in [0.1, 0.15) is 17.2 Å². The molecule has 27 heavy (non-hydrogen) atoms. The summed E-state index contributed by atoms with van der Waals surface area (Å²) in [5.74, 6) is 0.287. The Morgan fingerprint density at radius 2 is 1.93 bits per heavy atom. The van der Waals surface area contributed by atoms with E-state index in [-0.39, 0.29) is 18.0 Å². The maximum absolute atomic E-state index is 13.1. The number of nitrogens with zero attached hydrogens (tertiary/aromatic N) is 3. The van der Waals surface area contributed by atoms with Crippen molar-refractivity contribution in [1.29, 1.82) is 0 Å². The third-order valence-corrected chi connectivity index (χ3v) is 5.61. The van der Waals surface area contributed by atoms with Crippen LogP contribution in [0.4, 0.5) is 5.69 Å². The molecule has 0 spiro atoms. The fourth-order valence-electron chi connectivity index (χ4n) is 2.81. The normalized spacial score (nSPS) is 11.3. The Bertz CT molecular complexity index is 1050. The number of aryl methyl sites for hydroxylation is 2. The molecule has 0 atom stereocenters. The predicted molar refractivity (Wildman–Crippen MR) is 111 cm³/mol. The average Bonchev–Trinajstić information content (AvgIpc) is 2.87. The summed E-state index contributed by atoms with van der Waals surface area (Å²) in [5.41, 5.74) is 1.38. The second-order valence-electron chi connectivity index (χ2n) is 6.68. The molecule has 3 rings (SSSR count).